The predicted molar refractivity (Wildman–Crippen MR) is 50.6 cm³/mol. The van der Waals surface area contributed by atoms with Gasteiger partial charge >= 0.3 is 5.97 Å². The van der Waals surface area contributed by atoms with E-state index in [4.69, 9.17) is 10.8 Å². The maximum absolute atomic E-state index is 10.7. The van der Waals surface area contributed by atoms with Crippen LogP contribution in [0.4, 0.5) is 0 Å². The quantitative estimate of drug-likeness (QED) is 0.650. The van der Waals surface area contributed by atoms with Crippen LogP contribution < -0.4 is 5.73 Å². The van der Waals surface area contributed by atoms with Crippen molar-refractivity contribution in [2.45, 2.75) is 19.3 Å². The summed E-state index contributed by atoms with van der Waals surface area (Å²) >= 11 is 0. The zero-order chi connectivity index (χ0) is 10.6. The number of hydrogen-bond acceptors (Lipinski definition) is 3. The molecule has 0 aromatic heterocycles. The van der Waals surface area contributed by atoms with E-state index in [1.165, 1.54) is 0 Å². The number of carbonyl (C=O) groups excluding carboxylic acids is 1. The van der Waals surface area contributed by atoms with Crippen molar-refractivity contribution in [1.82, 2.24) is 4.90 Å². The van der Waals surface area contributed by atoms with Crippen LogP contribution in [-0.4, -0.2) is 41.5 Å². The Bertz CT molecular complexity index is 230. The molecule has 5 nitrogen and oxygen atoms in total. The van der Waals surface area contributed by atoms with Crippen molar-refractivity contribution in [2.24, 2.45) is 11.7 Å². The number of carboxylic acids is 1. The summed E-state index contributed by atoms with van der Waals surface area (Å²) in [7, 11) is 0. The Morgan fingerprint density at radius 3 is 2.79 bits per heavy atom. The highest BCUT2D eigenvalue weighted by atomic mass is 16.4. The van der Waals surface area contributed by atoms with Gasteiger partial charge in [0.1, 0.15) is 0 Å². The van der Waals surface area contributed by atoms with Crippen molar-refractivity contribution in [1.29, 1.82) is 0 Å². The Labute approximate surface area is 82.9 Å². The molecule has 1 rings (SSSR count). The third-order valence-corrected chi connectivity index (χ3v) is 2.53. The van der Waals surface area contributed by atoms with Crippen molar-refractivity contribution in [3.05, 3.63) is 0 Å². The molecule has 1 unspecified atom stereocenters. The van der Waals surface area contributed by atoms with E-state index in [-0.39, 0.29) is 11.8 Å². The molecule has 0 aromatic rings. The molecule has 5 heteroatoms. The van der Waals surface area contributed by atoms with Crippen LogP contribution in [0, 0.1) is 5.92 Å². The number of aliphatic carboxylic acids is 1. The van der Waals surface area contributed by atoms with Gasteiger partial charge in [-0.15, -0.1) is 0 Å². The zero-order valence-corrected chi connectivity index (χ0v) is 8.11. The smallest absolute Gasteiger partial charge is 0.307 e. The summed E-state index contributed by atoms with van der Waals surface area (Å²) in [5, 5.41) is 8.82. The Balaban J connectivity index is 2.32. The van der Waals surface area contributed by atoms with Gasteiger partial charge < -0.3 is 15.7 Å². The van der Waals surface area contributed by atoms with Crippen molar-refractivity contribution >= 4 is 11.9 Å². The number of piperidine rings is 1. The van der Waals surface area contributed by atoms with Gasteiger partial charge in [0.15, 0.2) is 0 Å². The van der Waals surface area contributed by atoms with Gasteiger partial charge in [-0.2, -0.15) is 0 Å². The molecular weight excluding hydrogens is 184 g/mol. The van der Waals surface area contributed by atoms with Crippen LogP contribution in [0.3, 0.4) is 0 Å². The number of hydrogen-bond donors (Lipinski definition) is 2. The number of carboxylic acid groups (broad SMARTS) is 1. The maximum Gasteiger partial charge on any atom is 0.307 e. The van der Waals surface area contributed by atoms with Gasteiger partial charge in [-0.05, 0) is 19.4 Å². The predicted octanol–water partition coefficient (Wildman–Crippen LogP) is -0.342. The van der Waals surface area contributed by atoms with Crippen molar-refractivity contribution in [3.8, 4) is 0 Å². The molecular formula is C9H16N2O3. The fourth-order valence-corrected chi connectivity index (χ4v) is 1.73. The van der Waals surface area contributed by atoms with E-state index in [1.807, 2.05) is 4.90 Å². The van der Waals surface area contributed by atoms with Crippen LogP contribution in [0.25, 0.3) is 0 Å². The Kier molecular flexibility index (Phi) is 3.88. The van der Waals surface area contributed by atoms with Crippen LogP contribution in [0.5, 0.6) is 0 Å². The SMILES string of the molecule is NC(=O)CCN1CCCC(C(=O)O)C1. The average Bonchev–Trinajstić information content (AvgIpc) is 2.15. The average molecular weight is 200 g/mol. The molecule has 14 heavy (non-hydrogen) atoms. The Morgan fingerprint density at radius 2 is 2.21 bits per heavy atom. The number of primary amides is 1. The topological polar surface area (TPSA) is 83.6 Å². The third kappa shape index (κ3) is 3.33. The number of likely N-dealkylation sites (tertiary alicyclic amines) is 1. The minimum absolute atomic E-state index is 0.281. The van der Waals surface area contributed by atoms with Crippen molar-refractivity contribution in [2.75, 3.05) is 19.6 Å². The molecule has 3 N–H and O–H groups in total. The van der Waals surface area contributed by atoms with Gasteiger partial charge in [0.2, 0.25) is 5.91 Å². The van der Waals surface area contributed by atoms with Gasteiger partial charge in [0.25, 0.3) is 0 Å². The van der Waals surface area contributed by atoms with E-state index in [0.717, 1.165) is 19.4 Å². The lowest BCUT2D eigenvalue weighted by Gasteiger charge is -2.30. The summed E-state index contributed by atoms with van der Waals surface area (Å²) in [6, 6.07) is 0. The summed E-state index contributed by atoms with van der Waals surface area (Å²) in [6.45, 7) is 2.00. The maximum atomic E-state index is 10.7. The Morgan fingerprint density at radius 1 is 1.50 bits per heavy atom. The summed E-state index contributed by atoms with van der Waals surface area (Å²) < 4.78 is 0. The molecule has 1 amide bonds. The lowest BCUT2D eigenvalue weighted by molar-refractivity contribution is -0.143. The molecule has 1 saturated heterocycles. The van der Waals surface area contributed by atoms with E-state index < -0.39 is 5.97 Å². The monoisotopic (exact) mass is 200 g/mol. The van der Waals surface area contributed by atoms with Gasteiger partial charge in [-0.3, -0.25) is 9.59 Å². The fraction of sp³-hybridized carbons (Fsp3) is 0.778. The molecule has 0 radical (unpaired) electrons. The third-order valence-electron chi connectivity index (χ3n) is 2.53. The number of rotatable bonds is 4. The second-order valence-corrected chi connectivity index (χ2v) is 3.69. The standard InChI is InChI=1S/C9H16N2O3/c10-8(12)3-5-11-4-1-2-7(6-11)9(13)14/h7H,1-6H2,(H2,10,12)(H,13,14). The van der Waals surface area contributed by atoms with Crippen LogP contribution in [0.1, 0.15) is 19.3 Å². The van der Waals surface area contributed by atoms with Crippen LogP contribution in [0.2, 0.25) is 0 Å². The highest BCUT2D eigenvalue weighted by Gasteiger charge is 2.24. The number of nitrogens with two attached hydrogens (primary N) is 1. The Hall–Kier alpha value is -1.10. The second kappa shape index (κ2) is 4.95. The molecule has 1 atom stereocenters. The van der Waals surface area contributed by atoms with E-state index in [0.29, 0.717) is 19.5 Å². The molecule has 1 heterocycles. The molecule has 1 fully saturated rings. The molecule has 0 bridgehead atoms. The minimum Gasteiger partial charge on any atom is -0.481 e. The van der Waals surface area contributed by atoms with Gasteiger partial charge in [-0.25, -0.2) is 0 Å². The summed E-state index contributed by atoms with van der Waals surface area (Å²) in [5.74, 6) is -1.35. The largest absolute Gasteiger partial charge is 0.481 e. The first-order valence-corrected chi connectivity index (χ1v) is 4.83. The normalized spacial score (nSPS) is 23.3. The molecule has 80 valence electrons. The molecule has 0 aliphatic carbocycles. The van der Waals surface area contributed by atoms with Gasteiger partial charge in [0, 0.05) is 19.5 Å². The van der Waals surface area contributed by atoms with Crippen molar-refractivity contribution in [3.63, 3.8) is 0 Å². The molecule has 1 aliphatic heterocycles. The number of amides is 1. The molecule has 0 spiro atoms. The molecule has 0 saturated carbocycles. The minimum atomic E-state index is -0.742. The second-order valence-electron chi connectivity index (χ2n) is 3.69. The highest BCUT2D eigenvalue weighted by molar-refractivity contribution is 5.74. The van der Waals surface area contributed by atoms with Gasteiger partial charge in [0.05, 0.1) is 5.92 Å². The first-order chi connectivity index (χ1) is 6.59. The van der Waals surface area contributed by atoms with E-state index in [2.05, 4.69) is 0 Å². The number of carbonyl (C=O) groups is 2. The van der Waals surface area contributed by atoms with E-state index in [1.54, 1.807) is 0 Å². The zero-order valence-electron chi connectivity index (χ0n) is 8.11. The lowest BCUT2D eigenvalue weighted by Crippen LogP contribution is -2.40. The fourth-order valence-electron chi connectivity index (χ4n) is 1.73. The first-order valence-electron chi connectivity index (χ1n) is 4.83. The van der Waals surface area contributed by atoms with Gasteiger partial charge in [-0.1, -0.05) is 0 Å². The number of nitrogens with zero attached hydrogens (tertiary/aromatic N) is 1. The van der Waals surface area contributed by atoms with E-state index in [9.17, 15) is 9.59 Å². The summed E-state index contributed by atoms with van der Waals surface area (Å²) in [4.78, 5) is 23.2. The highest BCUT2D eigenvalue weighted by Crippen LogP contribution is 2.16. The van der Waals surface area contributed by atoms with E-state index >= 15 is 0 Å². The van der Waals surface area contributed by atoms with Crippen LogP contribution >= 0.6 is 0 Å². The molecule has 0 aromatic carbocycles. The summed E-state index contributed by atoms with van der Waals surface area (Å²) in [6.07, 6.45) is 1.93. The van der Waals surface area contributed by atoms with Crippen molar-refractivity contribution < 1.29 is 14.7 Å². The first kappa shape index (κ1) is 11.0. The van der Waals surface area contributed by atoms with Crippen LogP contribution in [0.15, 0.2) is 0 Å². The lowest BCUT2D eigenvalue weighted by atomic mass is 9.98. The van der Waals surface area contributed by atoms with Crippen LogP contribution in [-0.2, 0) is 9.59 Å². The summed E-state index contributed by atoms with van der Waals surface area (Å²) in [5.41, 5.74) is 5.02. The molecule has 1 aliphatic rings.